The number of rotatable bonds is 6. The van der Waals surface area contributed by atoms with Crippen LogP contribution < -0.4 is 5.76 Å². The second-order valence-electron chi connectivity index (χ2n) is 7.81. The standard InChI is InChI=1S/C23H22F2N2O4S/c1-14-21(28)11-22(15-5-3-2-4-6-15)32(30)27(14)12-17-10-19(24)16(9-20(17)25)7-8-18-13-31-23(29)26-18/h2-6,9-10,13-14,22H,7-8,11-12H2,1H3,(H,26,29)/t14-,22+,32?/m0/s1. The second-order valence-corrected chi connectivity index (χ2v) is 9.40. The molecule has 1 saturated heterocycles. The van der Waals surface area contributed by atoms with Crippen molar-refractivity contribution in [1.29, 1.82) is 0 Å². The summed E-state index contributed by atoms with van der Waals surface area (Å²) in [5, 5.41) is -0.524. The van der Waals surface area contributed by atoms with Gasteiger partial charge in [-0.3, -0.25) is 9.78 Å². The maximum atomic E-state index is 14.8. The Morgan fingerprint density at radius 2 is 1.78 bits per heavy atom. The highest BCUT2D eigenvalue weighted by Gasteiger charge is 2.39. The number of nitrogens with zero attached hydrogens (tertiary/aromatic N) is 1. The molecule has 1 unspecified atom stereocenters. The number of ketones is 1. The molecule has 4 rings (SSSR count). The number of aryl methyl sites for hydroxylation is 2. The van der Waals surface area contributed by atoms with Crippen molar-refractivity contribution in [2.75, 3.05) is 0 Å². The minimum absolute atomic E-state index is 0.0321. The number of benzene rings is 2. The minimum Gasteiger partial charge on any atom is -0.416 e. The van der Waals surface area contributed by atoms with Gasteiger partial charge in [-0.05, 0) is 43.0 Å². The Morgan fingerprint density at radius 1 is 1.09 bits per heavy atom. The Kier molecular flexibility index (Phi) is 6.48. The van der Waals surface area contributed by atoms with Crippen LogP contribution in [0.15, 0.2) is 57.9 Å². The lowest BCUT2D eigenvalue weighted by atomic mass is 10.0. The van der Waals surface area contributed by atoms with Crippen LogP contribution in [-0.2, 0) is 35.2 Å². The first-order valence-corrected chi connectivity index (χ1v) is 11.4. The van der Waals surface area contributed by atoms with Gasteiger partial charge in [-0.1, -0.05) is 30.3 Å². The SMILES string of the molecule is C[C@H]1C(=O)C[C@H](c2ccccc2)S(=O)N1Cc1cc(F)c(CCc2coc(=O)[nH]2)cc1F. The highest BCUT2D eigenvalue weighted by Crippen LogP contribution is 2.34. The van der Waals surface area contributed by atoms with Crippen molar-refractivity contribution in [3.8, 4) is 0 Å². The number of halogens is 2. The van der Waals surface area contributed by atoms with E-state index < -0.39 is 39.7 Å². The first kappa shape index (κ1) is 22.3. The van der Waals surface area contributed by atoms with Crippen molar-refractivity contribution >= 4 is 16.8 Å². The molecular formula is C23H22F2N2O4S. The Bertz CT molecular complexity index is 1210. The van der Waals surface area contributed by atoms with E-state index in [1.54, 1.807) is 6.92 Å². The summed E-state index contributed by atoms with van der Waals surface area (Å²) in [5.74, 6) is -1.94. The highest BCUT2D eigenvalue weighted by atomic mass is 32.2. The third-order valence-corrected chi connectivity index (χ3v) is 7.54. The molecule has 0 saturated carbocycles. The first-order valence-electron chi connectivity index (χ1n) is 10.2. The van der Waals surface area contributed by atoms with E-state index >= 15 is 0 Å². The molecule has 2 heterocycles. The fourth-order valence-electron chi connectivity index (χ4n) is 3.82. The van der Waals surface area contributed by atoms with Crippen molar-refractivity contribution in [3.63, 3.8) is 0 Å². The number of aromatic amines is 1. The number of H-pyrrole nitrogens is 1. The molecule has 0 aliphatic carbocycles. The van der Waals surface area contributed by atoms with Crippen molar-refractivity contribution in [1.82, 2.24) is 9.29 Å². The predicted octanol–water partition coefficient (Wildman–Crippen LogP) is 3.60. The third-order valence-electron chi connectivity index (χ3n) is 5.71. The monoisotopic (exact) mass is 460 g/mol. The molecule has 1 aliphatic rings. The van der Waals surface area contributed by atoms with Crippen molar-refractivity contribution < 1.29 is 22.2 Å². The smallest absolute Gasteiger partial charge is 0.416 e. The number of hydrogen-bond donors (Lipinski definition) is 1. The largest absolute Gasteiger partial charge is 0.416 e. The summed E-state index contributed by atoms with van der Waals surface area (Å²) in [6.07, 6.45) is 1.83. The van der Waals surface area contributed by atoms with E-state index in [1.807, 2.05) is 30.3 Å². The lowest BCUT2D eigenvalue weighted by Crippen LogP contribution is -2.46. The predicted molar refractivity (Wildman–Crippen MR) is 115 cm³/mol. The van der Waals surface area contributed by atoms with E-state index in [-0.39, 0.29) is 42.7 Å². The zero-order valence-corrected chi connectivity index (χ0v) is 18.2. The number of hydrogen-bond acceptors (Lipinski definition) is 4. The van der Waals surface area contributed by atoms with Crippen LogP contribution in [0.4, 0.5) is 8.78 Å². The van der Waals surface area contributed by atoms with Gasteiger partial charge in [-0.15, -0.1) is 0 Å². The maximum Gasteiger partial charge on any atom is 0.416 e. The van der Waals surface area contributed by atoms with Gasteiger partial charge in [0, 0.05) is 18.5 Å². The minimum atomic E-state index is -1.59. The summed E-state index contributed by atoms with van der Waals surface area (Å²) in [5.41, 5.74) is 1.45. The summed E-state index contributed by atoms with van der Waals surface area (Å²) < 4.78 is 48.8. The van der Waals surface area contributed by atoms with Crippen molar-refractivity contribution in [2.24, 2.45) is 0 Å². The van der Waals surface area contributed by atoms with Crippen molar-refractivity contribution in [3.05, 3.63) is 93.3 Å². The lowest BCUT2D eigenvalue weighted by molar-refractivity contribution is -0.123. The van der Waals surface area contributed by atoms with Crippen LogP contribution in [0.25, 0.3) is 0 Å². The normalized spacial score (nSPS) is 21.7. The van der Waals surface area contributed by atoms with E-state index in [4.69, 9.17) is 0 Å². The number of oxazole rings is 1. The Labute approximate surface area is 185 Å². The fourth-order valence-corrected chi connectivity index (χ4v) is 5.54. The molecule has 1 fully saturated rings. The average Bonchev–Trinajstić information content (AvgIpc) is 3.20. The molecule has 0 spiro atoms. The molecule has 1 aliphatic heterocycles. The molecule has 0 amide bonds. The lowest BCUT2D eigenvalue weighted by Gasteiger charge is -2.35. The van der Waals surface area contributed by atoms with Crippen LogP contribution in [0.3, 0.4) is 0 Å². The Hall–Kier alpha value is -2.91. The number of carbonyl (C=O) groups is 1. The number of nitrogens with one attached hydrogen (secondary N) is 1. The number of carbonyl (C=O) groups excluding carboxylic acids is 1. The van der Waals surface area contributed by atoms with Gasteiger partial charge in [0.2, 0.25) is 0 Å². The molecule has 6 nitrogen and oxygen atoms in total. The van der Waals surface area contributed by atoms with Gasteiger partial charge in [-0.2, -0.15) is 0 Å². The molecule has 3 aromatic rings. The van der Waals surface area contributed by atoms with Crippen LogP contribution in [0.1, 0.15) is 41.0 Å². The van der Waals surface area contributed by atoms with E-state index in [0.717, 1.165) is 17.7 Å². The van der Waals surface area contributed by atoms with Gasteiger partial charge in [0.1, 0.15) is 28.9 Å². The molecule has 168 valence electrons. The van der Waals surface area contributed by atoms with Gasteiger partial charge < -0.3 is 4.42 Å². The molecule has 2 aromatic carbocycles. The van der Waals surface area contributed by atoms with Gasteiger partial charge in [0.05, 0.1) is 17.0 Å². The van der Waals surface area contributed by atoms with Gasteiger partial charge in [0.15, 0.2) is 5.78 Å². The van der Waals surface area contributed by atoms with Gasteiger partial charge >= 0.3 is 5.76 Å². The Balaban J connectivity index is 1.54. The summed E-state index contributed by atoms with van der Waals surface area (Å²) in [6.45, 7) is 1.48. The fraction of sp³-hybridized carbons (Fsp3) is 0.304. The van der Waals surface area contributed by atoms with Crippen LogP contribution in [0.2, 0.25) is 0 Å². The summed E-state index contributed by atoms with van der Waals surface area (Å²) in [6, 6.07) is 10.6. The molecule has 0 radical (unpaired) electrons. The van der Waals surface area contributed by atoms with Crippen LogP contribution in [0, 0.1) is 11.6 Å². The molecule has 1 N–H and O–H groups in total. The van der Waals surface area contributed by atoms with Gasteiger partial charge in [-0.25, -0.2) is 22.1 Å². The zero-order chi connectivity index (χ0) is 22.8. The van der Waals surface area contributed by atoms with Crippen molar-refractivity contribution in [2.45, 2.75) is 44.0 Å². The third kappa shape index (κ3) is 4.63. The first-order chi connectivity index (χ1) is 15.3. The topological polar surface area (TPSA) is 83.4 Å². The van der Waals surface area contributed by atoms with E-state index in [1.165, 1.54) is 10.6 Å². The molecule has 9 heteroatoms. The van der Waals surface area contributed by atoms with Crippen LogP contribution >= 0.6 is 0 Å². The van der Waals surface area contributed by atoms with E-state index in [9.17, 15) is 22.6 Å². The molecule has 1 aromatic heterocycles. The van der Waals surface area contributed by atoms with E-state index in [0.29, 0.717) is 5.69 Å². The summed E-state index contributed by atoms with van der Waals surface area (Å²) >= 11 is 0. The number of Topliss-reactive ketones (excluding diaryl/α,β-unsaturated/α-hetero) is 1. The molecule has 0 bridgehead atoms. The average molecular weight is 461 g/mol. The summed E-state index contributed by atoms with van der Waals surface area (Å²) in [7, 11) is -1.59. The molecule has 3 atom stereocenters. The molecule has 32 heavy (non-hydrogen) atoms. The highest BCUT2D eigenvalue weighted by molar-refractivity contribution is 7.83. The van der Waals surface area contributed by atoms with Crippen LogP contribution in [-0.4, -0.2) is 25.3 Å². The number of aromatic nitrogens is 1. The van der Waals surface area contributed by atoms with E-state index in [2.05, 4.69) is 9.40 Å². The Morgan fingerprint density at radius 3 is 2.47 bits per heavy atom. The van der Waals surface area contributed by atoms with Gasteiger partial charge in [0.25, 0.3) is 0 Å². The maximum absolute atomic E-state index is 14.8. The zero-order valence-electron chi connectivity index (χ0n) is 17.3. The quantitative estimate of drug-likeness (QED) is 0.609. The second kappa shape index (κ2) is 9.30. The molecular weight excluding hydrogens is 438 g/mol. The van der Waals surface area contributed by atoms with Crippen LogP contribution in [0.5, 0.6) is 0 Å². The summed E-state index contributed by atoms with van der Waals surface area (Å²) in [4.78, 5) is 26.1.